The Balaban J connectivity index is 1.14. The molecule has 2 aliphatic carbocycles. The second-order valence-electron chi connectivity index (χ2n) is 9.41. The number of nitrogens with zero attached hydrogens (tertiary/aromatic N) is 1. The van der Waals surface area contributed by atoms with Crippen molar-refractivity contribution in [3.05, 3.63) is 59.1 Å². The fourth-order valence-corrected chi connectivity index (χ4v) is 6.12. The second-order valence-corrected chi connectivity index (χ2v) is 10.5. The van der Waals surface area contributed by atoms with Crippen LogP contribution in [0.1, 0.15) is 49.6 Å². The van der Waals surface area contributed by atoms with E-state index in [1.54, 1.807) is 18.3 Å². The van der Waals surface area contributed by atoms with E-state index in [0.29, 0.717) is 24.3 Å². The van der Waals surface area contributed by atoms with E-state index in [0.717, 1.165) is 41.8 Å². The van der Waals surface area contributed by atoms with Gasteiger partial charge in [-0.2, -0.15) is 0 Å². The van der Waals surface area contributed by atoms with Gasteiger partial charge in [-0.1, -0.05) is 30.7 Å². The number of thiazole rings is 1. The summed E-state index contributed by atoms with van der Waals surface area (Å²) in [7, 11) is 0. The molecule has 6 nitrogen and oxygen atoms in total. The highest BCUT2D eigenvalue weighted by Crippen LogP contribution is 2.40. The molecule has 34 heavy (non-hydrogen) atoms. The van der Waals surface area contributed by atoms with E-state index in [1.165, 1.54) is 4.70 Å². The van der Waals surface area contributed by atoms with E-state index in [-0.39, 0.29) is 29.6 Å². The number of anilines is 1. The molecule has 2 aliphatic rings. The summed E-state index contributed by atoms with van der Waals surface area (Å²) in [5.74, 6) is -0.735. The number of esters is 1. The fourth-order valence-electron chi connectivity index (χ4n) is 5.12. The van der Waals surface area contributed by atoms with E-state index < -0.39 is 6.10 Å². The summed E-state index contributed by atoms with van der Waals surface area (Å²) >= 11 is 1.69. The molecular formula is C27H28N2O4S. The average Bonchev–Trinajstić information content (AvgIpc) is 3.22. The highest BCUT2D eigenvalue weighted by atomic mass is 32.1. The van der Waals surface area contributed by atoms with E-state index in [9.17, 15) is 14.4 Å². The number of hydrogen-bond acceptors (Lipinski definition) is 6. The van der Waals surface area contributed by atoms with Gasteiger partial charge >= 0.3 is 5.97 Å². The van der Waals surface area contributed by atoms with Gasteiger partial charge in [0.25, 0.3) is 5.91 Å². The molecule has 0 radical (unpaired) electrons. The van der Waals surface area contributed by atoms with Gasteiger partial charge in [-0.3, -0.25) is 14.4 Å². The van der Waals surface area contributed by atoms with Crippen LogP contribution in [-0.2, 0) is 25.5 Å². The van der Waals surface area contributed by atoms with Crippen molar-refractivity contribution in [3.63, 3.8) is 0 Å². The number of rotatable bonds is 6. The number of para-hydroxylation sites is 1. The normalized spacial score (nSPS) is 22.9. The van der Waals surface area contributed by atoms with Gasteiger partial charge in [0.15, 0.2) is 6.10 Å². The van der Waals surface area contributed by atoms with Crippen LogP contribution in [0.2, 0.25) is 0 Å². The molecule has 2 aromatic carbocycles. The Labute approximate surface area is 202 Å². The Morgan fingerprint density at radius 3 is 2.50 bits per heavy atom. The molecule has 176 valence electrons. The van der Waals surface area contributed by atoms with Crippen molar-refractivity contribution in [1.82, 2.24) is 4.98 Å². The number of carbonyl (C=O) groups is 3. The first-order valence-corrected chi connectivity index (χ1v) is 12.8. The van der Waals surface area contributed by atoms with Crippen molar-refractivity contribution >= 4 is 44.9 Å². The van der Waals surface area contributed by atoms with Crippen molar-refractivity contribution < 1.29 is 19.1 Å². The van der Waals surface area contributed by atoms with Crippen LogP contribution in [0.25, 0.3) is 10.2 Å². The minimum Gasteiger partial charge on any atom is -0.452 e. The molecule has 1 heterocycles. The van der Waals surface area contributed by atoms with E-state index in [1.807, 2.05) is 42.5 Å². The third-order valence-electron chi connectivity index (χ3n) is 6.96. The van der Waals surface area contributed by atoms with Crippen molar-refractivity contribution in [2.45, 2.75) is 51.6 Å². The molecule has 2 bridgehead atoms. The topological polar surface area (TPSA) is 85.4 Å². The van der Waals surface area contributed by atoms with Gasteiger partial charge < -0.3 is 10.1 Å². The van der Waals surface area contributed by atoms with Gasteiger partial charge in [0, 0.05) is 23.9 Å². The number of amides is 1. The van der Waals surface area contributed by atoms with Crippen LogP contribution in [0.4, 0.5) is 5.69 Å². The summed E-state index contributed by atoms with van der Waals surface area (Å²) in [5.41, 5.74) is 2.77. The van der Waals surface area contributed by atoms with Crippen molar-refractivity contribution in [2.75, 3.05) is 5.32 Å². The monoisotopic (exact) mass is 476 g/mol. The lowest BCUT2D eigenvalue weighted by Crippen LogP contribution is -2.41. The summed E-state index contributed by atoms with van der Waals surface area (Å²) in [5, 5.41) is 3.87. The molecule has 1 amide bonds. The van der Waals surface area contributed by atoms with Crippen molar-refractivity contribution in [3.8, 4) is 0 Å². The number of ether oxygens (including phenoxy) is 1. The molecule has 5 rings (SSSR count). The molecule has 3 unspecified atom stereocenters. The second kappa shape index (κ2) is 9.66. The number of aromatic nitrogens is 1. The quantitative estimate of drug-likeness (QED) is 0.497. The van der Waals surface area contributed by atoms with Crippen LogP contribution in [-0.4, -0.2) is 28.7 Å². The lowest BCUT2D eigenvalue weighted by Gasteiger charge is -2.36. The number of benzene rings is 2. The van der Waals surface area contributed by atoms with Crippen LogP contribution in [0.15, 0.2) is 48.5 Å². The third kappa shape index (κ3) is 4.89. The molecule has 1 N–H and O–H groups in total. The average molecular weight is 477 g/mol. The molecule has 3 atom stereocenters. The molecule has 3 aromatic rings. The summed E-state index contributed by atoms with van der Waals surface area (Å²) in [4.78, 5) is 42.2. The van der Waals surface area contributed by atoms with Crippen molar-refractivity contribution in [2.24, 2.45) is 17.8 Å². The minimum absolute atomic E-state index is 0.0181. The standard InChI is InChI=1S/C27H28N2O4S/c1-16(33-27(32)20-14-18-5-4-6-19(15-20)25(18)30)26(31)28-21-11-9-17(10-12-21)13-24-29-22-7-2-3-8-23(22)34-24/h2-3,7-12,16,18-20H,4-6,13-15H2,1H3,(H,28,31). The van der Waals surface area contributed by atoms with Crippen molar-refractivity contribution in [1.29, 1.82) is 0 Å². The van der Waals surface area contributed by atoms with Gasteiger partial charge in [0.05, 0.1) is 21.1 Å². The van der Waals surface area contributed by atoms with Crippen LogP contribution < -0.4 is 5.32 Å². The zero-order valence-electron chi connectivity index (χ0n) is 19.2. The van der Waals surface area contributed by atoms with Crippen LogP contribution in [0, 0.1) is 17.8 Å². The van der Waals surface area contributed by atoms with E-state index >= 15 is 0 Å². The zero-order chi connectivity index (χ0) is 23.7. The summed E-state index contributed by atoms with van der Waals surface area (Å²) in [6.07, 6.45) is 3.73. The first-order valence-electron chi connectivity index (χ1n) is 11.9. The van der Waals surface area contributed by atoms with Crippen LogP contribution in [0.5, 0.6) is 0 Å². The SMILES string of the molecule is CC(OC(=O)C1CC2CCCC(C1)C2=O)C(=O)Nc1ccc(Cc2nc3ccccc3s2)cc1. The molecule has 1 aromatic heterocycles. The highest BCUT2D eigenvalue weighted by molar-refractivity contribution is 7.18. The molecular weight excluding hydrogens is 448 g/mol. The minimum atomic E-state index is -0.896. The number of hydrogen-bond donors (Lipinski definition) is 1. The fraction of sp³-hybridized carbons (Fsp3) is 0.407. The van der Waals surface area contributed by atoms with Crippen LogP contribution in [0.3, 0.4) is 0 Å². The maximum absolute atomic E-state index is 12.7. The molecule has 2 fully saturated rings. The Kier molecular flexibility index (Phi) is 6.46. The van der Waals surface area contributed by atoms with E-state index in [4.69, 9.17) is 4.74 Å². The molecule has 0 aliphatic heterocycles. The Morgan fingerprint density at radius 2 is 1.79 bits per heavy atom. The lowest BCUT2D eigenvalue weighted by atomic mass is 9.67. The number of ketones is 1. The summed E-state index contributed by atoms with van der Waals surface area (Å²) in [6, 6.07) is 15.7. The predicted molar refractivity (Wildman–Crippen MR) is 132 cm³/mol. The third-order valence-corrected chi connectivity index (χ3v) is 7.99. The molecule has 0 saturated heterocycles. The highest BCUT2D eigenvalue weighted by Gasteiger charge is 2.42. The number of nitrogens with one attached hydrogen (secondary N) is 1. The summed E-state index contributed by atoms with van der Waals surface area (Å²) < 4.78 is 6.66. The smallest absolute Gasteiger partial charge is 0.309 e. The molecule has 7 heteroatoms. The Morgan fingerprint density at radius 1 is 1.09 bits per heavy atom. The van der Waals surface area contributed by atoms with Gasteiger partial charge in [0.1, 0.15) is 5.78 Å². The maximum Gasteiger partial charge on any atom is 0.309 e. The van der Waals surface area contributed by atoms with E-state index in [2.05, 4.69) is 16.4 Å². The summed E-state index contributed by atoms with van der Waals surface area (Å²) in [6.45, 7) is 1.59. The van der Waals surface area contributed by atoms with Gasteiger partial charge in [-0.15, -0.1) is 11.3 Å². The van der Waals surface area contributed by atoms with Gasteiger partial charge in [0.2, 0.25) is 0 Å². The number of carbonyl (C=O) groups excluding carboxylic acids is 3. The largest absolute Gasteiger partial charge is 0.452 e. The first kappa shape index (κ1) is 22.7. The lowest BCUT2D eigenvalue weighted by molar-refractivity contribution is -0.161. The number of Topliss-reactive ketones (excluding diaryl/α,β-unsaturated/α-hetero) is 1. The number of fused-ring (bicyclic) bond motifs is 3. The maximum atomic E-state index is 12.7. The Bertz CT molecular complexity index is 1170. The Hall–Kier alpha value is -3.06. The predicted octanol–water partition coefficient (Wildman–Crippen LogP) is 5.15. The zero-order valence-corrected chi connectivity index (χ0v) is 20.0. The van der Waals surface area contributed by atoms with Gasteiger partial charge in [-0.05, 0) is 62.4 Å². The first-order chi connectivity index (χ1) is 16.5. The molecule has 2 saturated carbocycles. The molecule has 0 spiro atoms. The van der Waals surface area contributed by atoms with Crippen LogP contribution >= 0.6 is 11.3 Å². The van der Waals surface area contributed by atoms with Gasteiger partial charge in [-0.25, -0.2) is 4.98 Å².